The number of aliphatic hydroxyl groups excluding tert-OH is 1. The van der Waals surface area contributed by atoms with Crippen LogP contribution in [0.2, 0.25) is 0 Å². The molecule has 0 amide bonds. The van der Waals surface area contributed by atoms with Crippen molar-refractivity contribution in [2.24, 2.45) is 0 Å². The van der Waals surface area contributed by atoms with Gasteiger partial charge in [0.2, 0.25) is 0 Å². The topological polar surface area (TPSA) is 23.5 Å². The van der Waals surface area contributed by atoms with Crippen molar-refractivity contribution in [1.82, 2.24) is 4.90 Å². The summed E-state index contributed by atoms with van der Waals surface area (Å²) in [6.45, 7) is 2.96. The minimum atomic E-state index is -0.369. The first kappa shape index (κ1) is 13.4. The Bertz CT molecular complexity index is 336. The molecule has 1 aliphatic rings. The Balaban J connectivity index is 1.91. The van der Waals surface area contributed by atoms with E-state index in [0.717, 1.165) is 29.7 Å². The van der Waals surface area contributed by atoms with Crippen LogP contribution in [-0.4, -0.2) is 41.1 Å². The van der Waals surface area contributed by atoms with Gasteiger partial charge in [-0.15, -0.1) is 0 Å². The smallest absolute Gasteiger partial charge is 0.0916 e. The number of β-amino-alcohol motifs (C(OH)–C–C–N with tert-alkyl or cyclic N) is 1. The molecule has 1 saturated heterocycles. The van der Waals surface area contributed by atoms with Crippen LogP contribution in [0.5, 0.6) is 0 Å². The second-order valence-corrected chi connectivity index (χ2v) is 6.47. The monoisotopic (exact) mass is 315 g/mol. The number of rotatable bonds is 3. The molecule has 0 radical (unpaired) electrons. The Hall–Kier alpha value is -0.0300. The lowest BCUT2D eigenvalue weighted by Crippen LogP contribution is -2.30. The summed E-state index contributed by atoms with van der Waals surface area (Å²) in [5, 5.41) is 10.2. The van der Waals surface area contributed by atoms with Gasteiger partial charge in [0.05, 0.1) is 6.10 Å². The second kappa shape index (κ2) is 6.78. The third-order valence-corrected chi connectivity index (χ3v) is 4.58. The highest BCUT2D eigenvalue weighted by Gasteiger charge is 2.15. The molecule has 1 aromatic rings. The van der Waals surface area contributed by atoms with Crippen LogP contribution in [0, 0.1) is 0 Å². The summed E-state index contributed by atoms with van der Waals surface area (Å²) in [6, 6.07) is 7.94. The number of hydrogen-bond acceptors (Lipinski definition) is 3. The van der Waals surface area contributed by atoms with E-state index in [0.29, 0.717) is 0 Å². The number of aliphatic hydroxyl groups is 1. The molecule has 1 N–H and O–H groups in total. The van der Waals surface area contributed by atoms with Crippen molar-refractivity contribution >= 4 is 27.7 Å². The second-order valence-electron chi connectivity index (χ2n) is 4.33. The number of benzene rings is 1. The molecule has 1 aromatic carbocycles. The van der Waals surface area contributed by atoms with E-state index < -0.39 is 0 Å². The number of hydrogen-bond donors (Lipinski definition) is 1. The Labute approximate surface area is 116 Å². The molecule has 0 saturated carbocycles. The lowest BCUT2D eigenvalue weighted by molar-refractivity contribution is 0.117. The highest BCUT2D eigenvalue weighted by molar-refractivity contribution is 9.10. The van der Waals surface area contributed by atoms with Gasteiger partial charge in [-0.25, -0.2) is 0 Å². The van der Waals surface area contributed by atoms with Crippen LogP contribution in [0.3, 0.4) is 0 Å². The van der Waals surface area contributed by atoms with Gasteiger partial charge < -0.3 is 5.11 Å². The van der Waals surface area contributed by atoms with E-state index in [1.165, 1.54) is 17.9 Å². The SMILES string of the molecule is OC(CN1CCCSCC1)c1ccc(Br)cc1. The molecular weight excluding hydrogens is 298 g/mol. The third-order valence-electron chi connectivity index (χ3n) is 3.00. The summed E-state index contributed by atoms with van der Waals surface area (Å²) in [6.07, 6.45) is 0.865. The van der Waals surface area contributed by atoms with Crippen molar-refractivity contribution in [3.63, 3.8) is 0 Å². The van der Waals surface area contributed by atoms with Crippen LogP contribution < -0.4 is 0 Å². The Morgan fingerprint density at radius 1 is 1.24 bits per heavy atom. The summed E-state index contributed by atoms with van der Waals surface area (Å²) < 4.78 is 1.06. The molecule has 2 nitrogen and oxygen atoms in total. The van der Waals surface area contributed by atoms with Crippen molar-refractivity contribution in [2.75, 3.05) is 31.1 Å². The van der Waals surface area contributed by atoms with Crippen LogP contribution in [-0.2, 0) is 0 Å². The molecule has 1 heterocycles. The molecule has 2 rings (SSSR count). The lowest BCUT2D eigenvalue weighted by Gasteiger charge is -2.23. The van der Waals surface area contributed by atoms with Gasteiger partial charge in [0.1, 0.15) is 0 Å². The maximum Gasteiger partial charge on any atom is 0.0916 e. The van der Waals surface area contributed by atoms with E-state index in [1.807, 2.05) is 36.0 Å². The normalized spacial score (nSPS) is 19.9. The average Bonchev–Trinajstić information content (AvgIpc) is 2.58. The first-order valence-electron chi connectivity index (χ1n) is 5.99. The molecule has 0 bridgehead atoms. The van der Waals surface area contributed by atoms with E-state index >= 15 is 0 Å². The molecule has 1 unspecified atom stereocenters. The van der Waals surface area contributed by atoms with Gasteiger partial charge in [0.25, 0.3) is 0 Å². The highest BCUT2D eigenvalue weighted by atomic mass is 79.9. The van der Waals surface area contributed by atoms with Gasteiger partial charge in [-0.2, -0.15) is 11.8 Å². The maximum atomic E-state index is 10.2. The molecule has 1 fully saturated rings. The number of thioether (sulfide) groups is 1. The van der Waals surface area contributed by atoms with Gasteiger partial charge in [0, 0.05) is 23.3 Å². The fraction of sp³-hybridized carbons (Fsp3) is 0.538. The van der Waals surface area contributed by atoms with E-state index in [2.05, 4.69) is 20.8 Å². The van der Waals surface area contributed by atoms with E-state index in [-0.39, 0.29) is 6.10 Å². The molecule has 1 aliphatic heterocycles. The van der Waals surface area contributed by atoms with Crippen molar-refractivity contribution in [2.45, 2.75) is 12.5 Å². The van der Waals surface area contributed by atoms with Crippen LogP contribution in [0.15, 0.2) is 28.7 Å². The quantitative estimate of drug-likeness (QED) is 0.927. The molecule has 4 heteroatoms. The van der Waals surface area contributed by atoms with Crippen molar-refractivity contribution in [3.05, 3.63) is 34.3 Å². The predicted molar refractivity (Wildman–Crippen MR) is 77.5 cm³/mol. The zero-order chi connectivity index (χ0) is 12.1. The summed E-state index contributed by atoms with van der Waals surface area (Å²) in [4.78, 5) is 2.37. The minimum absolute atomic E-state index is 0.369. The highest BCUT2D eigenvalue weighted by Crippen LogP contribution is 2.19. The van der Waals surface area contributed by atoms with Crippen LogP contribution in [0.4, 0.5) is 0 Å². The molecule has 1 atom stereocenters. The molecule has 0 aromatic heterocycles. The van der Waals surface area contributed by atoms with E-state index in [1.54, 1.807) is 0 Å². The minimum Gasteiger partial charge on any atom is -0.387 e. The Kier molecular flexibility index (Phi) is 5.35. The van der Waals surface area contributed by atoms with E-state index in [9.17, 15) is 5.11 Å². The van der Waals surface area contributed by atoms with Crippen LogP contribution >= 0.6 is 27.7 Å². The van der Waals surface area contributed by atoms with Crippen LogP contribution in [0.25, 0.3) is 0 Å². The van der Waals surface area contributed by atoms with Crippen molar-refractivity contribution < 1.29 is 5.11 Å². The van der Waals surface area contributed by atoms with Crippen LogP contribution in [0.1, 0.15) is 18.1 Å². The van der Waals surface area contributed by atoms with Gasteiger partial charge in [-0.1, -0.05) is 28.1 Å². The summed E-state index contributed by atoms with van der Waals surface area (Å²) in [5.41, 5.74) is 1.00. The third kappa shape index (κ3) is 4.28. The molecule has 94 valence electrons. The maximum absolute atomic E-state index is 10.2. The summed E-state index contributed by atoms with van der Waals surface area (Å²) >= 11 is 5.42. The molecule has 0 spiro atoms. The molecule has 17 heavy (non-hydrogen) atoms. The van der Waals surface area contributed by atoms with Gasteiger partial charge in [-0.05, 0) is 36.4 Å². The Morgan fingerprint density at radius 3 is 2.76 bits per heavy atom. The first-order valence-corrected chi connectivity index (χ1v) is 7.94. The largest absolute Gasteiger partial charge is 0.387 e. The first-order chi connectivity index (χ1) is 8.25. The van der Waals surface area contributed by atoms with Crippen molar-refractivity contribution in [1.29, 1.82) is 0 Å². The molecular formula is C13H18BrNOS. The zero-order valence-corrected chi connectivity index (χ0v) is 12.2. The van der Waals surface area contributed by atoms with Gasteiger partial charge in [0.15, 0.2) is 0 Å². The van der Waals surface area contributed by atoms with Gasteiger partial charge >= 0.3 is 0 Å². The summed E-state index contributed by atoms with van der Waals surface area (Å²) in [7, 11) is 0. The standard InChI is InChI=1S/C13H18BrNOS/c14-12-4-2-11(3-5-12)13(16)10-15-6-1-8-17-9-7-15/h2-5,13,16H,1,6-10H2. The fourth-order valence-corrected chi connectivity index (χ4v) is 3.20. The fourth-order valence-electron chi connectivity index (χ4n) is 2.02. The zero-order valence-electron chi connectivity index (χ0n) is 9.81. The lowest BCUT2D eigenvalue weighted by atomic mass is 10.1. The van der Waals surface area contributed by atoms with Gasteiger partial charge in [-0.3, -0.25) is 4.90 Å². The number of halogens is 1. The van der Waals surface area contributed by atoms with Crippen molar-refractivity contribution in [3.8, 4) is 0 Å². The number of nitrogens with zero attached hydrogens (tertiary/aromatic N) is 1. The van der Waals surface area contributed by atoms with E-state index in [4.69, 9.17) is 0 Å². The summed E-state index contributed by atoms with van der Waals surface area (Å²) in [5.74, 6) is 2.44. The Morgan fingerprint density at radius 2 is 2.00 bits per heavy atom. The predicted octanol–water partition coefficient (Wildman–Crippen LogP) is 2.92. The molecule has 0 aliphatic carbocycles. The average molecular weight is 316 g/mol.